The number of benzene rings is 1. The van der Waals surface area contributed by atoms with Gasteiger partial charge in [-0.25, -0.2) is 17.4 Å². The van der Waals surface area contributed by atoms with E-state index in [1.165, 1.54) is 3.97 Å². The summed E-state index contributed by atoms with van der Waals surface area (Å²) in [6, 6.07) is 13.6. The maximum atomic E-state index is 12.6. The van der Waals surface area contributed by atoms with E-state index >= 15 is 0 Å². The Morgan fingerprint density at radius 2 is 1.79 bits per heavy atom. The maximum Gasteiger partial charge on any atom is 0.270 e. The SMILES string of the molecule is O=S(=O)(c1ccccc1)n1c(Br)cc2cccnc21. The number of aromatic nitrogens is 2. The van der Waals surface area contributed by atoms with Gasteiger partial charge in [0.2, 0.25) is 0 Å². The molecule has 0 radical (unpaired) electrons. The summed E-state index contributed by atoms with van der Waals surface area (Å²) in [5.74, 6) is 0. The lowest BCUT2D eigenvalue weighted by molar-refractivity contribution is 0.588. The summed E-state index contributed by atoms with van der Waals surface area (Å²) in [7, 11) is -3.65. The fourth-order valence-electron chi connectivity index (χ4n) is 1.91. The number of hydrogen-bond donors (Lipinski definition) is 0. The first-order valence-corrected chi connectivity index (χ1v) is 7.76. The Bertz CT molecular complexity index is 841. The van der Waals surface area contributed by atoms with Gasteiger partial charge in [-0.1, -0.05) is 18.2 Å². The zero-order chi connectivity index (χ0) is 13.5. The van der Waals surface area contributed by atoms with Crippen molar-refractivity contribution in [2.45, 2.75) is 4.90 Å². The van der Waals surface area contributed by atoms with Gasteiger partial charge in [0.25, 0.3) is 10.0 Å². The molecule has 1 aromatic carbocycles. The van der Waals surface area contributed by atoms with Crippen molar-refractivity contribution in [3.63, 3.8) is 0 Å². The molecule has 6 heteroatoms. The predicted octanol–water partition coefficient (Wildman–Crippen LogP) is 3.04. The van der Waals surface area contributed by atoms with Gasteiger partial charge in [0, 0.05) is 11.6 Å². The van der Waals surface area contributed by atoms with Crippen LogP contribution < -0.4 is 0 Å². The van der Waals surface area contributed by atoms with Gasteiger partial charge in [-0.2, -0.15) is 0 Å². The second-order valence-electron chi connectivity index (χ2n) is 3.97. The van der Waals surface area contributed by atoms with Gasteiger partial charge < -0.3 is 0 Å². The summed E-state index contributed by atoms with van der Waals surface area (Å²) in [5, 5.41) is 0.772. The molecule has 0 N–H and O–H groups in total. The summed E-state index contributed by atoms with van der Waals surface area (Å²) < 4.78 is 26.9. The number of fused-ring (bicyclic) bond motifs is 1. The molecule has 0 spiro atoms. The molecule has 0 aliphatic rings. The molecule has 4 nitrogen and oxygen atoms in total. The van der Waals surface area contributed by atoms with E-state index in [1.807, 2.05) is 6.07 Å². The third-order valence-electron chi connectivity index (χ3n) is 2.76. The highest BCUT2D eigenvalue weighted by atomic mass is 79.9. The first-order chi connectivity index (χ1) is 9.10. The van der Waals surface area contributed by atoms with Crippen LogP contribution in [0, 0.1) is 0 Å². The van der Waals surface area contributed by atoms with E-state index in [0.29, 0.717) is 10.3 Å². The van der Waals surface area contributed by atoms with Crippen molar-refractivity contribution >= 4 is 37.0 Å². The lowest BCUT2D eigenvalue weighted by Crippen LogP contribution is -2.13. The minimum absolute atomic E-state index is 0.235. The molecule has 0 saturated heterocycles. The van der Waals surface area contributed by atoms with E-state index in [4.69, 9.17) is 0 Å². The van der Waals surface area contributed by atoms with Crippen LogP contribution in [0.5, 0.6) is 0 Å². The van der Waals surface area contributed by atoms with Crippen molar-refractivity contribution in [1.29, 1.82) is 0 Å². The van der Waals surface area contributed by atoms with Gasteiger partial charge in [0.1, 0.15) is 4.60 Å². The van der Waals surface area contributed by atoms with Crippen molar-refractivity contribution in [1.82, 2.24) is 8.96 Å². The van der Waals surface area contributed by atoms with Crippen LogP contribution in [0.4, 0.5) is 0 Å². The normalized spacial score (nSPS) is 11.8. The number of hydrogen-bond acceptors (Lipinski definition) is 3. The Morgan fingerprint density at radius 1 is 1.05 bits per heavy atom. The smallest absolute Gasteiger partial charge is 0.237 e. The largest absolute Gasteiger partial charge is 0.270 e. The number of nitrogens with zero attached hydrogens (tertiary/aromatic N) is 2. The molecule has 96 valence electrons. The minimum atomic E-state index is -3.65. The van der Waals surface area contributed by atoms with E-state index in [2.05, 4.69) is 20.9 Å². The number of pyridine rings is 1. The van der Waals surface area contributed by atoms with E-state index < -0.39 is 10.0 Å². The van der Waals surface area contributed by atoms with Crippen molar-refractivity contribution in [3.05, 3.63) is 59.3 Å². The summed E-state index contributed by atoms with van der Waals surface area (Å²) in [6.07, 6.45) is 1.58. The fraction of sp³-hybridized carbons (Fsp3) is 0. The zero-order valence-electron chi connectivity index (χ0n) is 9.69. The molecule has 2 aromatic heterocycles. The fourth-order valence-corrected chi connectivity index (χ4v) is 4.27. The molecular weight excluding hydrogens is 328 g/mol. The molecule has 0 saturated carbocycles. The van der Waals surface area contributed by atoms with Crippen molar-refractivity contribution in [3.8, 4) is 0 Å². The van der Waals surface area contributed by atoms with Gasteiger partial charge in [-0.15, -0.1) is 0 Å². The van der Waals surface area contributed by atoms with Crippen LogP contribution in [0.1, 0.15) is 0 Å². The Hall–Kier alpha value is -1.66. The molecule has 19 heavy (non-hydrogen) atoms. The lowest BCUT2D eigenvalue weighted by Gasteiger charge is -2.08. The lowest BCUT2D eigenvalue weighted by atomic mass is 10.3. The third kappa shape index (κ3) is 1.97. The quantitative estimate of drug-likeness (QED) is 0.722. The van der Waals surface area contributed by atoms with Gasteiger partial charge in [-0.3, -0.25) is 0 Å². The van der Waals surface area contributed by atoms with Crippen molar-refractivity contribution in [2.75, 3.05) is 0 Å². The monoisotopic (exact) mass is 336 g/mol. The summed E-state index contributed by atoms with van der Waals surface area (Å²) >= 11 is 3.29. The highest BCUT2D eigenvalue weighted by molar-refractivity contribution is 9.10. The van der Waals surface area contributed by atoms with E-state index in [0.717, 1.165) is 5.39 Å². The highest BCUT2D eigenvalue weighted by Crippen LogP contribution is 2.27. The third-order valence-corrected chi connectivity index (χ3v) is 5.30. The molecule has 0 amide bonds. The van der Waals surface area contributed by atoms with Crippen LogP contribution in [-0.2, 0) is 10.0 Å². The molecular formula is C13H9BrN2O2S. The van der Waals surface area contributed by atoms with Crippen LogP contribution in [0.3, 0.4) is 0 Å². The van der Waals surface area contributed by atoms with Crippen molar-refractivity contribution in [2.24, 2.45) is 0 Å². The van der Waals surface area contributed by atoms with E-state index in [9.17, 15) is 8.42 Å². The second-order valence-corrected chi connectivity index (χ2v) is 6.56. The molecule has 3 rings (SSSR count). The average molecular weight is 337 g/mol. The number of rotatable bonds is 2. The van der Waals surface area contributed by atoms with E-state index in [1.54, 1.807) is 48.7 Å². The highest BCUT2D eigenvalue weighted by Gasteiger charge is 2.22. The van der Waals surface area contributed by atoms with Gasteiger partial charge in [0.05, 0.1) is 4.90 Å². The van der Waals surface area contributed by atoms with Gasteiger partial charge in [-0.05, 0) is 46.3 Å². The van der Waals surface area contributed by atoms with E-state index in [-0.39, 0.29) is 4.90 Å². The first kappa shape index (κ1) is 12.4. The standard InChI is InChI=1S/C13H9BrN2O2S/c14-12-9-10-5-4-8-15-13(10)16(12)19(17,18)11-6-2-1-3-7-11/h1-9H. The summed E-state index contributed by atoms with van der Waals surface area (Å²) in [5.41, 5.74) is 0.415. The van der Waals surface area contributed by atoms with Crippen LogP contribution in [0.2, 0.25) is 0 Å². The van der Waals surface area contributed by atoms with Crippen molar-refractivity contribution < 1.29 is 8.42 Å². The molecule has 0 aliphatic heterocycles. The maximum absolute atomic E-state index is 12.6. The van der Waals surface area contributed by atoms with Gasteiger partial charge in [0.15, 0.2) is 5.65 Å². The Balaban J connectivity index is 2.34. The predicted molar refractivity (Wildman–Crippen MR) is 76.5 cm³/mol. The molecule has 0 atom stereocenters. The Labute approximate surface area is 118 Å². The molecule has 2 heterocycles. The zero-order valence-corrected chi connectivity index (χ0v) is 12.1. The summed E-state index contributed by atoms with van der Waals surface area (Å²) in [6.45, 7) is 0. The second kappa shape index (κ2) is 4.47. The van der Waals surface area contributed by atoms with Gasteiger partial charge >= 0.3 is 0 Å². The van der Waals surface area contributed by atoms with Crippen LogP contribution >= 0.6 is 15.9 Å². The molecule has 3 aromatic rings. The topological polar surface area (TPSA) is 52.0 Å². The van der Waals surface area contributed by atoms with Crippen LogP contribution in [-0.4, -0.2) is 17.4 Å². The Morgan fingerprint density at radius 3 is 2.53 bits per heavy atom. The molecule has 0 bridgehead atoms. The minimum Gasteiger partial charge on any atom is -0.237 e. The molecule has 0 fully saturated rings. The number of halogens is 1. The molecule has 0 aliphatic carbocycles. The summed E-state index contributed by atoms with van der Waals surface area (Å²) in [4.78, 5) is 4.38. The average Bonchev–Trinajstić information content (AvgIpc) is 2.76. The first-order valence-electron chi connectivity index (χ1n) is 5.53. The molecule has 0 unspecified atom stereocenters. The van der Waals surface area contributed by atoms with Crippen LogP contribution in [0.15, 0.2) is 64.2 Å². The Kier molecular flexibility index (Phi) is 2.91. The van der Waals surface area contributed by atoms with Crippen LogP contribution in [0.25, 0.3) is 11.0 Å².